The second kappa shape index (κ2) is 7.57. The van der Waals surface area contributed by atoms with Crippen LogP contribution in [0.5, 0.6) is 0 Å². The fourth-order valence-corrected chi connectivity index (χ4v) is 3.08. The Hall–Kier alpha value is -1.39. The van der Waals surface area contributed by atoms with Gasteiger partial charge in [-0.05, 0) is 32.5 Å². The summed E-state index contributed by atoms with van der Waals surface area (Å²) in [6.07, 6.45) is 5.03. The maximum atomic E-state index is 11.9. The highest BCUT2D eigenvalue weighted by Gasteiger charge is 2.35. The maximum absolute atomic E-state index is 11.9. The van der Waals surface area contributed by atoms with Crippen molar-refractivity contribution in [3.63, 3.8) is 0 Å². The summed E-state index contributed by atoms with van der Waals surface area (Å²) in [4.78, 5) is 14.2. The van der Waals surface area contributed by atoms with Crippen LogP contribution in [0.1, 0.15) is 31.2 Å². The Morgan fingerprint density at radius 3 is 2.48 bits per heavy atom. The highest BCUT2D eigenvalue weighted by molar-refractivity contribution is 5.77. The molecule has 1 fully saturated rings. The summed E-state index contributed by atoms with van der Waals surface area (Å²) < 4.78 is 0. The van der Waals surface area contributed by atoms with Gasteiger partial charge in [0.25, 0.3) is 0 Å². The number of likely N-dealkylation sites (N-methyl/N-ethyl adjacent to an activating group) is 1. The zero-order chi connectivity index (χ0) is 15.1. The Balaban J connectivity index is 1.69. The van der Waals surface area contributed by atoms with Gasteiger partial charge in [0.05, 0.1) is 6.54 Å². The molecule has 1 aromatic carbocycles. The lowest BCUT2D eigenvalue weighted by Gasteiger charge is -2.36. The summed E-state index contributed by atoms with van der Waals surface area (Å²) in [6, 6.07) is 10.00. The van der Waals surface area contributed by atoms with Crippen LogP contribution in [0.2, 0.25) is 0 Å². The molecule has 2 N–H and O–H groups in total. The molecule has 0 radical (unpaired) electrons. The van der Waals surface area contributed by atoms with E-state index >= 15 is 0 Å². The molecule has 1 amide bonds. The zero-order valence-electron chi connectivity index (χ0n) is 13.2. The molecule has 0 spiro atoms. The van der Waals surface area contributed by atoms with Gasteiger partial charge in [-0.1, -0.05) is 43.2 Å². The van der Waals surface area contributed by atoms with Crippen molar-refractivity contribution in [2.75, 3.05) is 27.2 Å². The van der Waals surface area contributed by atoms with Gasteiger partial charge >= 0.3 is 0 Å². The number of hydrogen-bond donors (Lipinski definition) is 2. The Morgan fingerprint density at radius 1 is 1.19 bits per heavy atom. The van der Waals surface area contributed by atoms with Crippen molar-refractivity contribution in [2.24, 2.45) is 0 Å². The van der Waals surface area contributed by atoms with Gasteiger partial charge in [0, 0.05) is 18.6 Å². The van der Waals surface area contributed by atoms with Crippen LogP contribution < -0.4 is 10.6 Å². The zero-order valence-corrected chi connectivity index (χ0v) is 13.2. The van der Waals surface area contributed by atoms with Crippen molar-refractivity contribution in [3.05, 3.63) is 35.9 Å². The van der Waals surface area contributed by atoms with E-state index in [1.807, 2.05) is 30.3 Å². The average molecular weight is 289 g/mol. The Kier molecular flexibility index (Phi) is 5.76. The average Bonchev–Trinajstić information content (AvgIpc) is 2.96. The molecule has 1 aromatic rings. The number of amides is 1. The lowest BCUT2D eigenvalue weighted by atomic mass is 9.96. The van der Waals surface area contributed by atoms with Gasteiger partial charge in [0.15, 0.2) is 0 Å². The molecular weight excluding hydrogens is 262 g/mol. The van der Waals surface area contributed by atoms with Crippen molar-refractivity contribution in [1.29, 1.82) is 0 Å². The molecule has 0 atom stereocenters. The molecule has 1 saturated carbocycles. The van der Waals surface area contributed by atoms with Crippen molar-refractivity contribution in [1.82, 2.24) is 15.5 Å². The minimum atomic E-state index is 0.0609. The molecular formula is C17H27N3O. The molecule has 2 rings (SSSR count). The first kappa shape index (κ1) is 16.0. The molecule has 1 aliphatic rings. The van der Waals surface area contributed by atoms with E-state index in [0.717, 1.165) is 12.1 Å². The van der Waals surface area contributed by atoms with Crippen LogP contribution in [0.15, 0.2) is 30.3 Å². The van der Waals surface area contributed by atoms with Crippen LogP contribution in [-0.2, 0) is 11.3 Å². The number of carbonyl (C=O) groups excluding carboxylic acids is 1. The maximum Gasteiger partial charge on any atom is 0.234 e. The molecule has 0 aromatic heterocycles. The number of rotatable bonds is 7. The number of hydrogen-bond acceptors (Lipinski definition) is 3. The lowest BCUT2D eigenvalue weighted by Crippen LogP contribution is -2.51. The standard InChI is InChI=1S/C17H27N3O/c1-20(2)17(10-6-7-11-17)14-18-13-16(21)19-12-15-8-4-3-5-9-15/h3-5,8-9,18H,6-7,10-14H2,1-2H3,(H,19,21). The second-order valence-corrected chi connectivity index (χ2v) is 6.19. The van der Waals surface area contributed by atoms with Crippen molar-refractivity contribution in [3.8, 4) is 0 Å². The molecule has 0 saturated heterocycles. The molecule has 0 bridgehead atoms. The molecule has 1 aliphatic carbocycles. The first-order valence-electron chi connectivity index (χ1n) is 7.81. The topological polar surface area (TPSA) is 44.4 Å². The molecule has 0 aliphatic heterocycles. The van der Waals surface area contributed by atoms with E-state index in [1.54, 1.807) is 0 Å². The number of nitrogens with zero attached hydrogens (tertiary/aromatic N) is 1. The predicted molar refractivity (Wildman–Crippen MR) is 86.0 cm³/mol. The monoisotopic (exact) mass is 289 g/mol. The molecule has 0 heterocycles. The van der Waals surface area contributed by atoms with Gasteiger partial charge in [-0.3, -0.25) is 4.79 Å². The summed E-state index contributed by atoms with van der Waals surface area (Å²) in [5.74, 6) is 0.0609. The van der Waals surface area contributed by atoms with Crippen LogP contribution in [0.25, 0.3) is 0 Å². The highest BCUT2D eigenvalue weighted by atomic mass is 16.1. The van der Waals surface area contributed by atoms with Crippen LogP contribution >= 0.6 is 0 Å². The van der Waals surface area contributed by atoms with E-state index < -0.39 is 0 Å². The van der Waals surface area contributed by atoms with Crippen LogP contribution in [-0.4, -0.2) is 43.5 Å². The molecule has 4 nitrogen and oxygen atoms in total. The van der Waals surface area contributed by atoms with Gasteiger partial charge in [-0.25, -0.2) is 0 Å². The summed E-state index contributed by atoms with van der Waals surface area (Å²) in [5.41, 5.74) is 1.37. The third-order valence-electron chi connectivity index (χ3n) is 4.56. The lowest BCUT2D eigenvalue weighted by molar-refractivity contribution is -0.120. The normalized spacial score (nSPS) is 17.1. The summed E-state index contributed by atoms with van der Waals surface area (Å²) in [6.45, 7) is 1.88. The summed E-state index contributed by atoms with van der Waals surface area (Å²) in [5, 5.41) is 6.28. The smallest absolute Gasteiger partial charge is 0.234 e. The molecule has 0 unspecified atom stereocenters. The van der Waals surface area contributed by atoms with Crippen LogP contribution in [0.4, 0.5) is 0 Å². The van der Waals surface area contributed by atoms with Crippen molar-refractivity contribution in [2.45, 2.75) is 37.8 Å². The fourth-order valence-electron chi connectivity index (χ4n) is 3.08. The van der Waals surface area contributed by atoms with Gasteiger partial charge in [0.1, 0.15) is 0 Å². The first-order valence-corrected chi connectivity index (χ1v) is 7.81. The largest absolute Gasteiger partial charge is 0.351 e. The molecule has 116 valence electrons. The molecule has 21 heavy (non-hydrogen) atoms. The SMILES string of the molecule is CN(C)C1(CNCC(=O)NCc2ccccc2)CCCC1. The second-order valence-electron chi connectivity index (χ2n) is 6.19. The minimum Gasteiger partial charge on any atom is -0.351 e. The Bertz CT molecular complexity index is 439. The number of nitrogens with one attached hydrogen (secondary N) is 2. The minimum absolute atomic E-state index is 0.0609. The van der Waals surface area contributed by atoms with E-state index in [9.17, 15) is 4.79 Å². The fraction of sp³-hybridized carbons (Fsp3) is 0.588. The summed E-state index contributed by atoms with van der Waals surface area (Å²) in [7, 11) is 4.28. The van der Waals surface area contributed by atoms with Gasteiger partial charge < -0.3 is 15.5 Å². The van der Waals surface area contributed by atoms with E-state index in [2.05, 4.69) is 29.6 Å². The van der Waals surface area contributed by atoms with Crippen molar-refractivity contribution < 1.29 is 4.79 Å². The number of benzene rings is 1. The third-order valence-corrected chi connectivity index (χ3v) is 4.56. The Morgan fingerprint density at radius 2 is 1.86 bits per heavy atom. The third kappa shape index (κ3) is 4.55. The van der Waals surface area contributed by atoms with Gasteiger partial charge in [-0.15, -0.1) is 0 Å². The van der Waals surface area contributed by atoms with Crippen molar-refractivity contribution >= 4 is 5.91 Å². The predicted octanol–water partition coefficient (Wildman–Crippen LogP) is 1.77. The summed E-state index contributed by atoms with van der Waals surface area (Å²) >= 11 is 0. The van der Waals surface area contributed by atoms with E-state index in [0.29, 0.717) is 13.1 Å². The molecule has 4 heteroatoms. The van der Waals surface area contributed by atoms with Gasteiger partial charge in [-0.2, -0.15) is 0 Å². The van der Waals surface area contributed by atoms with E-state index in [1.165, 1.54) is 25.7 Å². The first-order chi connectivity index (χ1) is 10.1. The quantitative estimate of drug-likeness (QED) is 0.804. The van der Waals surface area contributed by atoms with Gasteiger partial charge in [0.2, 0.25) is 5.91 Å². The van der Waals surface area contributed by atoms with Crippen LogP contribution in [0.3, 0.4) is 0 Å². The highest BCUT2D eigenvalue weighted by Crippen LogP contribution is 2.32. The van der Waals surface area contributed by atoms with Crippen LogP contribution in [0, 0.1) is 0 Å². The number of carbonyl (C=O) groups is 1. The van der Waals surface area contributed by atoms with E-state index in [4.69, 9.17) is 0 Å². The Labute approximate surface area is 127 Å². The van der Waals surface area contributed by atoms with E-state index in [-0.39, 0.29) is 11.4 Å².